The molecule has 1 aliphatic heterocycles. The van der Waals surface area contributed by atoms with Crippen molar-refractivity contribution in [1.29, 1.82) is 0 Å². The van der Waals surface area contributed by atoms with Crippen LogP contribution in [0.15, 0.2) is 24.3 Å². The molecule has 2 nitrogen and oxygen atoms in total. The third-order valence-corrected chi connectivity index (χ3v) is 4.61. The average molecular weight is 252 g/mol. The Bertz CT molecular complexity index is 432. The molecule has 3 heteroatoms. The topological polar surface area (TPSA) is 21.3 Å². The van der Waals surface area contributed by atoms with Crippen LogP contribution < -0.4 is 5.32 Å². The van der Waals surface area contributed by atoms with Gasteiger partial charge in [0.15, 0.2) is 0 Å². The van der Waals surface area contributed by atoms with Gasteiger partial charge in [0.05, 0.1) is 16.8 Å². The van der Waals surface area contributed by atoms with Gasteiger partial charge in [0.2, 0.25) is 0 Å². The van der Waals surface area contributed by atoms with E-state index in [1.165, 1.54) is 0 Å². The van der Waals surface area contributed by atoms with Crippen molar-refractivity contribution >= 4 is 17.3 Å². The van der Waals surface area contributed by atoms with Gasteiger partial charge < -0.3 is 10.1 Å². The van der Waals surface area contributed by atoms with Crippen LogP contribution in [0.1, 0.15) is 20.3 Å². The lowest BCUT2D eigenvalue weighted by Crippen LogP contribution is -2.63. The van der Waals surface area contributed by atoms with Crippen LogP contribution in [-0.4, -0.2) is 18.8 Å². The Balaban J connectivity index is 1.80. The summed E-state index contributed by atoms with van der Waals surface area (Å²) in [5, 5.41) is 4.39. The Kier molecular flexibility index (Phi) is 2.60. The van der Waals surface area contributed by atoms with E-state index in [1.807, 2.05) is 24.3 Å². The fourth-order valence-corrected chi connectivity index (χ4v) is 3.55. The standard InChI is InChI=1S/C14H18ClNO/c1-14(2)12(9-7-8-17-13(9)14)16-11-6-4-3-5-10(11)15/h3-6,9,12-13,16H,7-8H2,1-2H3. The summed E-state index contributed by atoms with van der Waals surface area (Å²) >= 11 is 6.19. The number of hydrogen-bond acceptors (Lipinski definition) is 2. The first-order valence-electron chi connectivity index (χ1n) is 6.23. The normalized spacial score (nSPS) is 33.9. The lowest BCUT2D eigenvalue weighted by Gasteiger charge is -2.55. The summed E-state index contributed by atoms with van der Waals surface area (Å²) in [6.07, 6.45) is 1.58. The molecule has 17 heavy (non-hydrogen) atoms. The minimum absolute atomic E-state index is 0.195. The smallest absolute Gasteiger partial charge is 0.0694 e. The first kappa shape index (κ1) is 11.4. The van der Waals surface area contributed by atoms with Crippen molar-refractivity contribution in [3.8, 4) is 0 Å². The number of para-hydroxylation sites is 1. The third kappa shape index (κ3) is 1.66. The molecule has 1 N–H and O–H groups in total. The summed E-state index contributed by atoms with van der Waals surface area (Å²) in [6.45, 7) is 5.45. The van der Waals surface area contributed by atoms with Crippen LogP contribution >= 0.6 is 11.6 Å². The molecule has 3 atom stereocenters. The average Bonchev–Trinajstić information content (AvgIpc) is 2.74. The molecule has 1 heterocycles. The minimum Gasteiger partial charge on any atom is -0.380 e. The summed E-state index contributed by atoms with van der Waals surface area (Å²) in [4.78, 5) is 0. The highest BCUT2D eigenvalue weighted by molar-refractivity contribution is 6.33. The molecule has 3 unspecified atom stereocenters. The predicted octanol–water partition coefficient (Wildman–Crippen LogP) is 3.57. The van der Waals surface area contributed by atoms with Crippen molar-refractivity contribution < 1.29 is 4.74 Å². The van der Waals surface area contributed by atoms with Gasteiger partial charge in [-0.15, -0.1) is 0 Å². The van der Waals surface area contributed by atoms with E-state index in [1.54, 1.807) is 0 Å². The van der Waals surface area contributed by atoms with E-state index in [0.717, 1.165) is 23.7 Å². The summed E-state index contributed by atoms with van der Waals surface area (Å²) < 4.78 is 5.79. The summed E-state index contributed by atoms with van der Waals surface area (Å²) in [5.74, 6) is 0.640. The molecule has 1 saturated heterocycles. The number of rotatable bonds is 2. The van der Waals surface area contributed by atoms with Gasteiger partial charge in [0.25, 0.3) is 0 Å². The van der Waals surface area contributed by atoms with Crippen molar-refractivity contribution in [2.24, 2.45) is 11.3 Å². The molecule has 92 valence electrons. The second kappa shape index (κ2) is 3.89. The number of ether oxygens (including phenoxy) is 1. The van der Waals surface area contributed by atoms with Gasteiger partial charge in [-0.1, -0.05) is 37.6 Å². The Morgan fingerprint density at radius 2 is 2.12 bits per heavy atom. The molecule has 0 radical (unpaired) electrons. The van der Waals surface area contributed by atoms with E-state index in [-0.39, 0.29) is 5.41 Å². The fraction of sp³-hybridized carbons (Fsp3) is 0.571. The quantitative estimate of drug-likeness (QED) is 0.868. The Morgan fingerprint density at radius 3 is 2.88 bits per heavy atom. The second-order valence-corrected chi connectivity index (χ2v) is 6.07. The molecule has 0 amide bonds. The van der Waals surface area contributed by atoms with E-state index >= 15 is 0 Å². The number of fused-ring (bicyclic) bond motifs is 1. The van der Waals surface area contributed by atoms with Crippen LogP contribution in [0.3, 0.4) is 0 Å². The van der Waals surface area contributed by atoms with Crippen LogP contribution in [0.25, 0.3) is 0 Å². The molecule has 1 aromatic rings. The zero-order valence-corrected chi connectivity index (χ0v) is 11.0. The second-order valence-electron chi connectivity index (χ2n) is 5.67. The highest BCUT2D eigenvalue weighted by atomic mass is 35.5. The molecular weight excluding hydrogens is 234 g/mol. The molecule has 1 aliphatic carbocycles. The first-order chi connectivity index (χ1) is 8.10. The van der Waals surface area contributed by atoms with E-state index in [9.17, 15) is 0 Å². The largest absolute Gasteiger partial charge is 0.380 e. The van der Waals surface area contributed by atoms with Crippen molar-refractivity contribution in [1.82, 2.24) is 0 Å². The fourth-order valence-electron chi connectivity index (χ4n) is 3.36. The van der Waals surface area contributed by atoms with Crippen molar-refractivity contribution in [2.45, 2.75) is 32.4 Å². The summed E-state index contributed by atoms with van der Waals surface area (Å²) in [6, 6.07) is 8.42. The molecule has 0 bridgehead atoms. The molecule has 1 saturated carbocycles. The maximum absolute atomic E-state index is 6.19. The highest BCUT2D eigenvalue weighted by Gasteiger charge is 2.59. The molecule has 0 spiro atoms. The van der Waals surface area contributed by atoms with Gasteiger partial charge in [-0.2, -0.15) is 0 Å². The molecular formula is C14H18ClNO. The highest BCUT2D eigenvalue weighted by Crippen LogP contribution is 2.53. The van der Waals surface area contributed by atoms with E-state index in [2.05, 4.69) is 19.2 Å². The maximum atomic E-state index is 6.19. The summed E-state index contributed by atoms with van der Waals surface area (Å²) in [7, 11) is 0. The number of hydrogen-bond donors (Lipinski definition) is 1. The number of anilines is 1. The van der Waals surface area contributed by atoms with Crippen LogP contribution in [0, 0.1) is 11.3 Å². The van der Waals surface area contributed by atoms with Gasteiger partial charge in [0.1, 0.15) is 0 Å². The van der Waals surface area contributed by atoms with Crippen LogP contribution in [0.4, 0.5) is 5.69 Å². The van der Waals surface area contributed by atoms with Crippen molar-refractivity contribution in [3.05, 3.63) is 29.3 Å². The molecule has 1 aromatic carbocycles. The maximum Gasteiger partial charge on any atom is 0.0694 e. The summed E-state index contributed by atoms with van der Waals surface area (Å²) in [5.41, 5.74) is 1.23. The monoisotopic (exact) mass is 251 g/mol. The molecule has 2 fully saturated rings. The number of benzene rings is 1. The van der Waals surface area contributed by atoms with Gasteiger partial charge >= 0.3 is 0 Å². The lowest BCUT2D eigenvalue weighted by molar-refractivity contribution is -0.0923. The number of nitrogens with one attached hydrogen (secondary N) is 1. The first-order valence-corrected chi connectivity index (χ1v) is 6.61. The van der Waals surface area contributed by atoms with Crippen molar-refractivity contribution in [3.63, 3.8) is 0 Å². The Labute approximate surface area is 107 Å². The zero-order chi connectivity index (χ0) is 12.0. The van der Waals surface area contributed by atoms with E-state index in [0.29, 0.717) is 18.1 Å². The third-order valence-electron chi connectivity index (χ3n) is 4.29. The minimum atomic E-state index is 0.195. The predicted molar refractivity (Wildman–Crippen MR) is 70.5 cm³/mol. The van der Waals surface area contributed by atoms with Gasteiger partial charge in [-0.3, -0.25) is 0 Å². The molecule has 0 aromatic heterocycles. The number of halogens is 1. The van der Waals surface area contributed by atoms with Crippen LogP contribution in [0.2, 0.25) is 5.02 Å². The van der Waals surface area contributed by atoms with Gasteiger partial charge in [-0.05, 0) is 18.6 Å². The molecule has 3 rings (SSSR count). The Morgan fingerprint density at radius 1 is 1.35 bits per heavy atom. The van der Waals surface area contributed by atoms with Crippen LogP contribution in [0.5, 0.6) is 0 Å². The SMILES string of the molecule is CC1(C)C(Nc2ccccc2Cl)C2CCOC21. The zero-order valence-electron chi connectivity index (χ0n) is 10.2. The molecule has 2 aliphatic rings. The van der Waals surface area contributed by atoms with Gasteiger partial charge in [0, 0.05) is 24.0 Å². The van der Waals surface area contributed by atoms with E-state index < -0.39 is 0 Å². The van der Waals surface area contributed by atoms with Crippen molar-refractivity contribution in [2.75, 3.05) is 11.9 Å². The van der Waals surface area contributed by atoms with E-state index in [4.69, 9.17) is 16.3 Å². The Hall–Kier alpha value is -0.730. The van der Waals surface area contributed by atoms with Crippen LogP contribution in [-0.2, 0) is 4.74 Å². The van der Waals surface area contributed by atoms with Gasteiger partial charge in [-0.25, -0.2) is 0 Å². The lowest BCUT2D eigenvalue weighted by atomic mass is 9.57.